The minimum absolute atomic E-state index is 0.0930. The van der Waals surface area contributed by atoms with Gasteiger partial charge in [0.2, 0.25) is 11.8 Å². The predicted octanol–water partition coefficient (Wildman–Crippen LogP) is 6.25. The van der Waals surface area contributed by atoms with Crippen LogP contribution in [0.1, 0.15) is 118 Å². The lowest BCUT2D eigenvalue weighted by molar-refractivity contribution is -0.135. The number of methoxy groups -OCH3 is 2. The van der Waals surface area contributed by atoms with E-state index >= 15 is 0 Å². The minimum Gasteiger partial charge on any atom is -0.453 e. The van der Waals surface area contributed by atoms with E-state index in [4.69, 9.17) is 19.4 Å². The van der Waals surface area contributed by atoms with Crippen molar-refractivity contribution in [3.8, 4) is 11.3 Å². The van der Waals surface area contributed by atoms with Crippen LogP contribution in [-0.2, 0) is 19.1 Å². The van der Waals surface area contributed by atoms with E-state index in [-0.39, 0.29) is 29.8 Å². The molecule has 0 spiro atoms. The lowest BCUT2D eigenvalue weighted by Crippen LogP contribution is -2.51. The molecule has 54 heavy (non-hydrogen) atoms. The minimum atomic E-state index is -0.728. The zero-order valence-corrected chi connectivity index (χ0v) is 31.8. The number of hydrogen-bond donors (Lipinski definition) is 4. The number of benzene rings is 1. The van der Waals surface area contributed by atoms with Crippen molar-refractivity contribution in [2.45, 2.75) is 108 Å². The number of aromatic nitrogens is 4. The van der Waals surface area contributed by atoms with Crippen LogP contribution in [0.3, 0.4) is 0 Å². The van der Waals surface area contributed by atoms with Crippen LogP contribution in [0.2, 0.25) is 0 Å². The fourth-order valence-electron chi connectivity index (χ4n) is 8.35. The summed E-state index contributed by atoms with van der Waals surface area (Å²) in [6, 6.07) is 6.96. The molecule has 0 radical (unpaired) electrons. The molecule has 1 aliphatic carbocycles. The highest BCUT2D eigenvalue weighted by molar-refractivity contribution is 5.87. The van der Waals surface area contributed by atoms with E-state index in [0.29, 0.717) is 31.3 Å². The summed E-state index contributed by atoms with van der Waals surface area (Å²) in [4.78, 5) is 70.9. The summed E-state index contributed by atoms with van der Waals surface area (Å²) in [6.07, 6.45) is 12.0. The first-order valence-corrected chi connectivity index (χ1v) is 19.2. The molecule has 0 unspecified atom stereocenters. The van der Waals surface area contributed by atoms with Gasteiger partial charge >= 0.3 is 12.2 Å². The van der Waals surface area contributed by atoms with Crippen LogP contribution in [0.4, 0.5) is 9.59 Å². The summed E-state index contributed by atoms with van der Waals surface area (Å²) in [7, 11) is 2.58. The van der Waals surface area contributed by atoms with Gasteiger partial charge < -0.3 is 39.9 Å². The van der Waals surface area contributed by atoms with Gasteiger partial charge in [0.1, 0.15) is 23.7 Å². The fraction of sp³-hybridized carbons (Fsp3) is 0.550. The molecule has 2 aromatic heterocycles. The quantitative estimate of drug-likeness (QED) is 0.158. The SMILES string of the molecule is C=CC[C@@H](NC(=O)OC)C(=O)N1CCC[C@H]1c1ncc([C@H]2CC[C@H](c3ccc(-c4cnc([C@@H]5CCCN5C(=O)[C@@H](NC(=O)OC)C(C)C)[nH]4)cc3)CC2)[nH]1. The van der Waals surface area contributed by atoms with Crippen molar-refractivity contribution in [1.29, 1.82) is 0 Å². The first kappa shape index (κ1) is 38.6. The standard InChI is InChI=1S/C40H54N8O6/c1-6-9-29(45-39(51)53-4)37(49)47-20-7-10-32(47)35-41-22-30(43-35)27-16-12-25(13-17-27)26-14-18-28(19-15-26)31-23-42-36(44-31)33-11-8-21-48(33)38(50)34(24(2)3)46-40(52)54-5/h6,14-15,18-19,22-25,27,29,32-34H,1,7-13,16-17,20-21H2,2-5H3,(H,41,43)(H,42,44)(H,45,51)(H,46,52)/t25-,27-,29-,32+,33+,34+/m1/s1. The van der Waals surface area contributed by atoms with E-state index in [0.717, 1.165) is 80.0 Å². The number of H-pyrrole nitrogens is 2. The largest absolute Gasteiger partial charge is 0.453 e. The second kappa shape index (κ2) is 17.3. The summed E-state index contributed by atoms with van der Waals surface area (Å²) in [5.74, 6) is 2.02. The Morgan fingerprint density at radius 3 is 2.00 bits per heavy atom. The third kappa shape index (κ3) is 8.47. The summed E-state index contributed by atoms with van der Waals surface area (Å²) in [5.41, 5.74) is 4.38. The van der Waals surface area contributed by atoms with E-state index in [9.17, 15) is 19.2 Å². The molecule has 14 nitrogen and oxygen atoms in total. The number of carbonyl (C=O) groups excluding carboxylic acids is 4. The van der Waals surface area contributed by atoms with Crippen molar-refractivity contribution < 1.29 is 28.7 Å². The van der Waals surface area contributed by atoms with Crippen molar-refractivity contribution in [2.24, 2.45) is 5.92 Å². The second-order valence-corrected chi connectivity index (χ2v) is 15.0. The van der Waals surface area contributed by atoms with Gasteiger partial charge in [-0.15, -0.1) is 6.58 Å². The Balaban J connectivity index is 1.04. The van der Waals surface area contributed by atoms with Crippen molar-refractivity contribution in [2.75, 3.05) is 27.3 Å². The number of alkyl carbamates (subject to hydrolysis) is 2. The molecule has 14 heteroatoms. The predicted molar refractivity (Wildman–Crippen MR) is 202 cm³/mol. The molecule has 3 aliphatic rings. The average Bonchev–Trinajstić information content (AvgIpc) is 4.03. The van der Waals surface area contributed by atoms with E-state index in [2.05, 4.69) is 51.4 Å². The molecule has 3 fully saturated rings. The summed E-state index contributed by atoms with van der Waals surface area (Å²) in [6.45, 7) is 8.78. The topological polar surface area (TPSA) is 175 Å². The number of likely N-dealkylation sites (tertiary alicyclic amines) is 2. The van der Waals surface area contributed by atoms with E-state index in [1.165, 1.54) is 19.8 Å². The molecule has 1 aromatic carbocycles. The third-order valence-corrected chi connectivity index (χ3v) is 11.3. The maximum atomic E-state index is 13.5. The monoisotopic (exact) mass is 742 g/mol. The number of carbonyl (C=O) groups is 4. The van der Waals surface area contributed by atoms with Gasteiger partial charge in [-0.2, -0.15) is 0 Å². The van der Waals surface area contributed by atoms with Crippen LogP contribution in [0.15, 0.2) is 49.3 Å². The van der Waals surface area contributed by atoms with Crippen LogP contribution in [0.5, 0.6) is 0 Å². The first-order valence-electron chi connectivity index (χ1n) is 19.2. The van der Waals surface area contributed by atoms with Crippen LogP contribution in [0, 0.1) is 5.92 Å². The molecule has 4 N–H and O–H groups in total. The zero-order valence-electron chi connectivity index (χ0n) is 31.8. The van der Waals surface area contributed by atoms with E-state index in [1.54, 1.807) is 6.08 Å². The molecule has 0 bridgehead atoms. The summed E-state index contributed by atoms with van der Waals surface area (Å²) >= 11 is 0. The van der Waals surface area contributed by atoms with Gasteiger partial charge in [0, 0.05) is 30.9 Å². The van der Waals surface area contributed by atoms with Gasteiger partial charge in [0.25, 0.3) is 0 Å². The lowest BCUT2D eigenvalue weighted by Gasteiger charge is -2.30. The lowest BCUT2D eigenvalue weighted by atomic mass is 9.77. The Kier molecular flexibility index (Phi) is 12.4. The van der Waals surface area contributed by atoms with Gasteiger partial charge in [-0.05, 0) is 80.8 Å². The second-order valence-electron chi connectivity index (χ2n) is 15.0. The van der Waals surface area contributed by atoms with Gasteiger partial charge in [0.15, 0.2) is 0 Å². The molecular weight excluding hydrogens is 688 g/mol. The van der Waals surface area contributed by atoms with Crippen LogP contribution in [-0.4, -0.2) is 93.1 Å². The molecule has 2 aliphatic heterocycles. The van der Waals surface area contributed by atoms with Gasteiger partial charge in [-0.25, -0.2) is 19.6 Å². The Bertz CT molecular complexity index is 1780. The summed E-state index contributed by atoms with van der Waals surface area (Å²) in [5, 5.41) is 5.35. The highest BCUT2D eigenvalue weighted by atomic mass is 16.5. The van der Waals surface area contributed by atoms with Crippen LogP contribution in [0.25, 0.3) is 11.3 Å². The van der Waals surface area contributed by atoms with Crippen LogP contribution < -0.4 is 10.6 Å². The molecule has 2 saturated heterocycles. The van der Waals surface area contributed by atoms with Crippen molar-refractivity contribution in [3.63, 3.8) is 0 Å². The van der Waals surface area contributed by atoms with E-state index < -0.39 is 24.3 Å². The van der Waals surface area contributed by atoms with Crippen molar-refractivity contribution >= 4 is 24.0 Å². The summed E-state index contributed by atoms with van der Waals surface area (Å²) < 4.78 is 9.49. The maximum absolute atomic E-state index is 13.5. The smallest absolute Gasteiger partial charge is 0.407 e. The average molecular weight is 743 g/mol. The highest BCUT2D eigenvalue weighted by Crippen LogP contribution is 2.41. The van der Waals surface area contributed by atoms with Crippen molar-refractivity contribution in [3.05, 3.63) is 72.2 Å². The number of rotatable bonds is 12. The molecule has 4 heterocycles. The Morgan fingerprint density at radius 1 is 0.815 bits per heavy atom. The zero-order chi connectivity index (χ0) is 38.4. The maximum Gasteiger partial charge on any atom is 0.407 e. The number of nitrogens with zero attached hydrogens (tertiary/aromatic N) is 4. The number of ether oxygens (including phenoxy) is 2. The van der Waals surface area contributed by atoms with Crippen LogP contribution >= 0.6 is 0 Å². The molecule has 1 saturated carbocycles. The van der Waals surface area contributed by atoms with Gasteiger partial charge in [-0.3, -0.25) is 9.59 Å². The number of hydrogen-bond acceptors (Lipinski definition) is 8. The van der Waals surface area contributed by atoms with E-state index in [1.807, 2.05) is 36.0 Å². The van der Waals surface area contributed by atoms with Gasteiger partial charge in [0.05, 0.1) is 38.2 Å². The first-order chi connectivity index (χ1) is 26.1. The number of nitrogens with one attached hydrogen (secondary N) is 4. The normalized spacial score (nSPS) is 22.5. The Morgan fingerprint density at radius 2 is 1.39 bits per heavy atom. The van der Waals surface area contributed by atoms with Gasteiger partial charge in [-0.1, -0.05) is 44.2 Å². The van der Waals surface area contributed by atoms with Crippen molar-refractivity contribution in [1.82, 2.24) is 40.4 Å². The molecular formula is C40H54N8O6. The molecule has 6 rings (SSSR count). The number of imidazole rings is 2. The number of amides is 4. The Hall–Kier alpha value is -5.14. The third-order valence-electron chi connectivity index (χ3n) is 11.3. The highest BCUT2D eigenvalue weighted by Gasteiger charge is 2.38. The molecule has 4 atom stereocenters. The molecule has 4 amide bonds. The Labute approximate surface area is 316 Å². The fourth-order valence-corrected chi connectivity index (χ4v) is 8.35. The number of aromatic amines is 2. The molecule has 3 aromatic rings. The molecule has 290 valence electrons.